The Labute approximate surface area is 38.7 Å². The van der Waals surface area contributed by atoms with Crippen molar-refractivity contribution in [1.29, 1.82) is 0 Å². The fourth-order valence-electron chi connectivity index (χ4n) is 0.249. The molecule has 0 radical (unpaired) electrons. The minimum absolute atomic E-state index is 0.761. The van der Waals surface area contributed by atoms with Gasteiger partial charge in [0.25, 0.3) is 0 Å². The highest BCUT2D eigenvalue weighted by Gasteiger charge is 1.64. The SMILES string of the molecule is C[N-]CCCN. The monoisotopic (exact) mass is 87.1 g/mol. The second-order valence-electron chi connectivity index (χ2n) is 1.18. The average molecular weight is 87.1 g/mol. The molecular weight excluding hydrogens is 76.1 g/mol. The van der Waals surface area contributed by atoms with Gasteiger partial charge in [0.05, 0.1) is 0 Å². The Morgan fingerprint density at radius 2 is 2.33 bits per heavy atom. The summed E-state index contributed by atoms with van der Waals surface area (Å²) in [6.45, 7) is 1.67. The summed E-state index contributed by atoms with van der Waals surface area (Å²) in [4.78, 5) is 0. The van der Waals surface area contributed by atoms with E-state index in [1.54, 1.807) is 7.05 Å². The second kappa shape index (κ2) is 4.92. The van der Waals surface area contributed by atoms with E-state index in [9.17, 15) is 0 Å². The average Bonchev–Trinajstić information content (AvgIpc) is 1.61. The molecule has 0 aliphatic heterocycles. The van der Waals surface area contributed by atoms with Crippen molar-refractivity contribution in [1.82, 2.24) is 0 Å². The fourth-order valence-corrected chi connectivity index (χ4v) is 0.249. The van der Waals surface area contributed by atoms with E-state index in [0.29, 0.717) is 0 Å². The lowest BCUT2D eigenvalue weighted by Crippen LogP contribution is -1.99. The van der Waals surface area contributed by atoms with Crippen LogP contribution in [0.1, 0.15) is 6.42 Å². The van der Waals surface area contributed by atoms with Gasteiger partial charge in [-0.15, -0.1) is 6.54 Å². The first-order valence-electron chi connectivity index (χ1n) is 2.17. The van der Waals surface area contributed by atoms with Crippen LogP contribution in [0.15, 0.2) is 0 Å². The molecular formula is C4H11N2-. The molecule has 2 nitrogen and oxygen atoms in total. The molecule has 38 valence electrons. The summed E-state index contributed by atoms with van der Waals surface area (Å²) in [5, 5.41) is 3.85. The number of hydrogen-bond acceptors (Lipinski definition) is 1. The van der Waals surface area contributed by atoms with Gasteiger partial charge in [0.2, 0.25) is 0 Å². The Kier molecular flexibility index (Phi) is 4.85. The molecule has 6 heavy (non-hydrogen) atoms. The highest BCUT2D eigenvalue weighted by atomic mass is 14.8. The predicted molar refractivity (Wildman–Crippen MR) is 27.8 cm³/mol. The zero-order chi connectivity index (χ0) is 4.83. The fraction of sp³-hybridized carbons (Fsp3) is 1.00. The van der Waals surface area contributed by atoms with Crippen molar-refractivity contribution in [2.75, 3.05) is 20.1 Å². The molecule has 0 atom stereocenters. The first-order chi connectivity index (χ1) is 2.91. The minimum Gasteiger partial charge on any atom is -0.665 e. The standard InChI is InChI=1S/C4H11N2/c1-6-4-2-3-5/h2-5H2,1H3/q-1. The van der Waals surface area contributed by atoms with E-state index in [0.717, 1.165) is 19.5 Å². The smallest absolute Gasteiger partial charge is 0.00937 e. The lowest BCUT2D eigenvalue weighted by molar-refractivity contribution is 0.887. The Bertz CT molecular complexity index is 17.5. The van der Waals surface area contributed by atoms with Gasteiger partial charge in [-0.1, -0.05) is 6.42 Å². The Morgan fingerprint density at radius 1 is 1.67 bits per heavy atom. The van der Waals surface area contributed by atoms with Crippen molar-refractivity contribution in [2.24, 2.45) is 5.73 Å². The number of nitrogens with two attached hydrogens (primary N) is 1. The van der Waals surface area contributed by atoms with Crippen LogP contribution in [0.4, 0.5) is 0 Å². The van der Waals surface area contributed by atoms with Gasteiger partial charge in [-0.2, -0.15) is 7.05 Å². The summed E-state index contributed by atoms with van der Waals surface area (Å²) >= 11 is 0. The summed E-state index contributed by atoms with van der Waals surface area (Å²) < 4.78 is 0. The summed E-state index contributed by atoms with van der Waals surface area (Å²) in [5.41, 5.74) is 5.15. The normalized spacial score (nSPS) is 9.00. The highest BCUT2D eigenvalue weighted by molar-refractivity contribution is 4.68. The van der Waals surface area contributed by atoms with Gasteiger partial charge in [0.15, 0.2) is 0 Å². The molecule has 0 amide bonds. The molecule has 0 aliphatic carbocycles. The third-order valence-corrected chi connectivity index (χ3v) is 0.586. The molecule has 0 aromatic rings. The second-order valence-corrected chi connectivity index (χ2v) is 1.18. The molecule has 2 N–H and O–H groups in total. The van der Waals surface area contributed by atoms with Gasteiger partial charge in [0.1, 0.15) is 0 Å². The van der Waals surface area contributed by atoms with Crippen molar-refractivity contribution in [3.8, 4) is 0 Å². The Balaban J connectivity index is 2.34. The van der Waals surface area contributed by atoms with E-state index in [-0.39, 0.29) is 0 Å². The van der Waals surface area contributed by atoms with E-state index >= 15 is 0 Å². The zero-order valence-corrected chi connectivity index (χ0v) is 4.15. The van der Waals surface area contributed by atoms with Crippen LogP contribution >= 0.6 is 0 Å². The summed E-state index contributed by atoms with van der Waals surface area (Å²) in [7, 11) is 1.80. The third-order valence-electron chi connectivity index (χ3n) is 0.586. The van der Waals surface area contributed by atoms with E-state index in [2.05, 4.69) is 5.32 Å². The summed E-state index contributed by atoms with van der Waals surface area (Å²) in [6, 6.07) is 0. The van der Waals surface area contributed by atoms with Crippen molar-refractivity contribution in [2.45, 2.75) is 6.42 Å². The van der Waals surface area contributed by atoms with Crippen LogP contribution in [0, 0.1) is 0 Å². The van der Waals surface area contributed by atoms with Crippen molar-refractivity contribution in [3.05, 3.63) is 5.32 Å². The van der Waals surface area contributed by atoms with Crippen molar-refractivity contribution < 1.29 is 0 Å². The van der Waals surface area contributed by atoms with Crippen LogP contribution in [0.25, 0.3) is 5.32 Å². The maximum Gasteiger partial charge on any atom is -0.00937 e. The van der Waals surface area contributed by atoms with Crippen LogP contribution in [-0.4, -0.2) is 20.1 Å². The van der Waals surface area contributed by atoms with Crippen LogP contribution in [0.3, 0.4) is 0 Å². The summed E-state index contributed by atoms with van der Waals surface area (Å²) in [5.74, 6) is 0. The molecule has 0 fully saturated rings. The highest BCUT2D eigenvalue weighted by Crippen LogP contribution is 1.78. The molecule has 0 aromatic heterocycles. The van der Waals surface area contributed by atoms with Crippen LogP contribution < -0.4 is 5.73 Å². The van der Waals surface area contributed by atoms with Gasteiger partial charge >= 0.3 is 0 Å². The predicted octanol–water partition coefficient (Wildman–Crippen LogP) is 0.339. The van der Waals surface area contributed by atoms with Crippen molar-refractivity contribution in [3.63, 3.8) is 0 Å². The van der Waals surface area contributed by atoms with E-state index in [1.165, 1.54) is 0 Å². The quantitative estimate of drug-likeness (QED) is 0.495. The first-order valence-corrected chi connectivity index (χ1v) is 2.17. The largest absolute Gasteiger partial charge is 0.665 e. The van der Waals surface area contributed by atoms with Gasteiger partial charge in [-0.25, -0.2) is 0 Å². The lowest BCUT2D eigenvalue weighted by Gasteiger charge is -2.06. The molecule has 0 spiro atoms. The Hall–Kier alpha value is -0.0800. The van der Waals surface area contributed by atoms with E-state index in [1.807, 2.05) is 0 Å². The molecule has 0 saturated heterocycles. The number of rotatable bonds is 3. The molecule has 2 heteroatoms. The number of nitrogens with zero attached hydrogens (tertiary/aromatic N) is 1. The zero-order valence-electron chi connectivity index (χ0n) is 4.15. The first kappa shape index (κ1) is 5.92. The third kappa shape index (κ3) is 3.92. The van der Waals surface area contributed by atoms with Crippen LogP contribution in [0.5, 0.6) is 0 Å². The molecule has 0 aliphatic rings. The summed E-state index contributed by atoms with van der Waals surface area (Å²) in [6.07, 6.45) is 1.02. The molecule has 0 unspecified atom stereocenters. The van der Waals surface area contributed by atoms with E-state index in [4.69, 9.17) is 5.73 Å². The van der Waals surface area contributed by atoms with Crippen LogP contribution in [0.2, 0.25) is 0 Å². The number of hydrogen-bond donors (Lipinski definition) is 1. The topological polar surface area (TPSA) is 40.1 Å². The van der Waals surface area contributed by atoms with Gasteiger partial charge in [-0.05, 0) is 6.54 Å². The van der Waals surface area contributed by atoms with Crippen molar-refractivity contribution >= 4 is 0 Å². The maximum atomic E-state index is 5.15. The molecule has 0 heterocycles. The van der Waals surface area contributed by atoms with Gasteiger partial charge < -0.3 is 11.1 Å². The maximum absolute atomic E-state index is 5.15. The minimum atomic E-state index is 0.761. The van der Waals surface area contributed by atoms with E-state index < -0.39 is 0 Å². The lowest BCUT2D eigenvalue weighted by atomic mass is 10.4. The molecule has 0 saturated carbocycles. The Morgan fingerprint density at radius 3 is 2.50 bits per heavy atom. The van der Waals surface area contributed by atoms with Gasteiger partial charge in [-0.3, -0.25) is 0 Å². The molecule has 0 bridgehead atoms. The molecule has 0 rings (SSSR count). The van der Waals surface area contributed by atoms with Gasteiger partial charge in [0, 0.05) is 0 Å². The van der Waals surface area contributed by atoms with Crippen LogP contribution in [-0.2, 0) is 0 Å². The molecule has 0 aromatic carbocycles.